The van der Waals surface area contributed by atoms with Crippen LogP contribution in [0.1, 0.15) is 26.7 Å². The molecule has 3 N–H and O–H groups in total. The highest BCUT2D eigenvalue weighted by Gasteiger charge is 2.01. The second-order valence-corrected chi connectivity index (χ2v) is 7.85. The molecule has 0 atom stereocenters. The fourth-order valence-electron chi connectivity index (χ4n) is 1.55. The van der Waals surface area contributed by atoms with Gasteiger partial charge in [-0.1, -0.05) is 47.6 Å². The number of carbonyl (C=O) groups excluding carboxylic acids is 1. The highest BCUT2D eigenvalue weighted by molar-refractivity contribution is 8.76. The number of hydrogen-bond acceptors (Lipinski definition) is 7. The van der Waals surface area contributed by atoms with E-state index in [1.165, 1.54) is 0 Å². The molecule has 0 aliphatic rings. The first-order chi connectivity index (χ1) is 11.2. The molecule has 5 nitrogen and oxygen atoms in total. The minimum atomic E-state index is 0.221. The van der Waals surface area contributed by atoms with Gasteiger partial charge in [-0.3, -0.25) is 4.79 Å². The van der Waals surface area contributed by atoms with Crippen molar-refractivity contribution < 1.29 is 14.3 Å². The molecule has 23 heavy (non-hydrogen) atoms. The normalized spacial score (nSPS) is 11.7. The summed E-state index contributed by atoms with van der Waals surface area (Å²) in [5, 5.41) is 3.10. The van der Waals surface area contributed by atoms with Gasteiger partial charge in [0.15, 0.2) is 0 Å². The number of ketones is 1. The number of allylic oxidation sites excluding steroid dienone is 1. The topological polar surface area (TPSA) is 73.6 Å². The predicted molar refractivity (Wildman–Crippen MR) is 102 cm³/mol. The van der Waals surface area contributed by atoms with Crippen molar-refractivity contribution in [3.05, 3.63) is 12.2 Å². The van der Waals surface area contributed by atoms with Crippen LogP contribution in [0.3, 0.4) is 0 Å². The number of Topliss-reactive ketones (excluding diaryl/α,β-unsaturated/α-hetero) is 1. The molecule has 0 fully saturated rings. The molecule has 0 spiro atoms. The Morgan fingerprint density at radius 1 is 1.26 bits per heavy atom. The Morgan fingerprint density at radius 3 is 2.83 bits per heavy atom. The van der Waals surface area contributed by atoms with Crippen LogP contribution < -0.4 is 11.1 Å². The fourth-order valence-corrected chi connectivity index (χ4v) is 3.06. The van der Waals surface area contributed by atoms with E-state index in [2.05, 4.69) is 25.2 Å². The standard InChI is InChI=1S/C16H32N2O3S2/c1-15(2)5-3-9-20-11-8-18-13-16(19)6-4-10-21-14-23-22-12-7-17/h3,5,15,18H,4,6-14,17H2,1-2H3/b5-3+. The van der Waals surface area contributed by atoms with Gasteiger partial charge in [0.05, 0.1) is 19.8 Å². The molecule has 136 valence electrons. The predicted octanol–water partition coefficient (Wildman–Crippen LogP) is 2.47. The van der Waals surface area contributed by atoms with Crippen LogP contribution in [0.5, 0.6) is 0 Å². The molecule has 0 amide bonds. The van der Waals surface area contributed by atoms with Gasteiger partial charge in [0.2, 0.25) is 0 Å². The van der Waals surface area contributed by atoms with Crippen molar-refractivity contribution in [1.82, 2.24) is 5.32 Å². The van der Waals surface area contributed by atoms with Gasteiger partial charge in [-0.2, -0.15) is 0 Å². The maximum absolute atomic E-state index is 11.6. The smallest absolute Gasteiger partial charge is 0.146 e. The molecule has 0 aromatic carbocycles. The Hall–Kier alpha value is -0.0500. The van der Waals surface area contributed by atoms with E-state index >= 15 is 0 Å². The van der Waals surface area contributed by atoms with Crippen molar-refractivity contribution in [2.45, 2.75) is 26.7 Å². The molecule has 0 heterocycles. The minimum absolute atomic E-state index is 0.221. The average Bonchev–Trinajstić information content (AvgIpc) is 2.52. The van der Waals surface area contributed by atoms with Gasteiger partial charge < -0.3 is 20.5 Å². The number of carbonyl (C=O) groups is 1. The lowest BCUT2D eigenvalue weighted by Gasteiger charge is -2.05. The van der Waals surface area contributed by atoms with Gasteiger partial charge in [0.25, 0.3) is 0 Å². The van der Waals surface area contributed by atoms with Crippen LogP contribution in [0.4, 0.5) is 0 Å². The molecule has 0 aromatic rings. The highest BCUT2D eigenvalue weighted by Crippen LogP contribution is 2.19. The summed E-state index contributed by atoms with van der Waals surface area (Å²) in [7, 11) is 3.37. The molecule has 0 saturated carbocycles. The zero-order valence-corrected chi connectivity index (χ0v) is 16.1. The van der Waals surface area contributed by atoms with Crippen LogP contribution in [0.2, 0.25) is 0 Å². The van der Waals surface area contributed by atoms with Crippen LogP contribution in [0, 0.1) is 5.92 Å². The molecule has 0 saturated heterocycles. The van der Waals surface area contributed by atoms with Crippen LogP contribution in [0.15, 0.2) is 12.2 Å². The summed E-state index contributed by atoms with van der Waals surface area (Å²) >= 11 is 0. The number of nitrogens with two attached hydrogens (primary N) is 1. The van der Waals surface area contributed by atoms with Crippen molar-refractivity contribution in [3.8, 4) is 0 Å². The Labute approximate surface area is 148 Å². The maximum atomic E-state index is 11.6. The molecule has 0 radical (unpaired) electrons. The van der Waals surface area contributed by atoms with Crippen molar-refractivity contribution in [1.29, 1.82) is 0 Å². The van der Waals surface area contributed by atoms with E-state index in [-0.39, 0.29) is 5.78 Å². The summed E-state index contributed by atoms with van der Waals surface area (Å²) in [5.41, 5.74) is 5.39. The average molecular weight is 365 g/mol. The van der Waals surface area contributed by atoms with Gasteiger partial charge in [-0.05, 0) is 12.3 Å². The minimum Gasteiger partial charge on any atom is -0.376 e. The number of rotatable bonds is 17. The van der Waals surface area contributed by atoms with Gasteiger partial charge >= 0.3 is 0 Å². The maximum Gasteiger partial charge on any atom is 0.146 e. The third-order valence-corrected chi connectivity index (χ3v) is 4.76. The lowest BCUT2D eigenvalue weighted by Crippen LogP contribution is -2.26. The van der Waals surface area contributed by atoms with Gasteiger partial charge in [-0.25, -0.2) is 0 Å². The SMILES string of the molecule is CC(C)/C=C/COCCNCC(=O)CCCOCSSCCN. The summed E-state index contributed by atoms with van der Waals surface area (Å²) in [5.74, 6) is 2.37. The monoisotopic (exact) mass is 364 g/mol. The molecular weight excluding hydrogens is 332 g/mol. The molecule has 0 bridgehead atoms. The lowest BCUT2D eigenvalue weighted by molar-refractivity contribution is -0.118. The van der Waals surface area contributed by atoms with Crippen molar-refractivity contribution in [3.63, 3.8) is 0 Å². The number of ether oxygens (including phenoxy) is 2. The van der Waals surface area contributed by atoms with Crippen molar-refractivity contribution >= 4 is 27.4 Å². The highest BCUT2D eigenvalue weighted by atomic mass is 33.1. The Morgan fingerprint density at radius 2 is 2.09 bits per heavy atom. The quantitative estimate of drug-likeness (QED) is 0.178. The first-order valence-corrected chi connectivity index (χ1v) is 10.6. The van der Waals surface area contributed by atoms with Gasteiger partial charge in [0.1, 0.15) is 11.7 Å². The van der Waals surface area contributed by atoms with Gasteiger partial charge in [-0.15, -0.1) is 0 Å². The second kappa shape index (κ2) is 18.3. The molecule has 0 rings (SSSR count). The van der Waals surface area contributed by atoms with Crippen molar-refractivity contribution in [2.75, 3.05) is 51.1 Å². The molecule has 0 aliphatic carbocycles. The zero-order chi connectivity index (χ0) is 17.2. The van der Waals surface area contributed by atoms with E-state index in [1.807, 2.05) is 6.08 Å². The first kappa shape index (κ1) is 22.9. The largest absolute Gasteiger partial charge is 0.376 e. The summed E-state index contributed by atoms with van der Waals surface area (Å²) in [4.78, 5) is 11.6. The van der Waals surface area contributed by atoms with Crippen LogP contribution in [-0.2, 0) is 14.3 Å². The molecule has 0 aliphatic heterocycles. The molecule has 0 unspecified atom stereocenters. The van der Waals surface area contributed by atoms with Crippen LogP contribution in [0.25, 0.3) is 0 Å². The van der Waals surface area contributed by atoms with Crippen LogP contribution in [-0.4, -0.2) is 56.9 Å². The van der Waals surface area contributed by atoms with E-state index < -0.39 is 0 Å². The van der Waals surface area contributed by atoms with Crippen LogP contribution >= 0.6 is 21.6 Å². The third kappa shape index (κ3) is 19.9. The second-order valence-electron chi connectivity index (χ2n) is 5.32. The van der Waals surface area contributed by atoms with E-state index in [0.717, 1.165) is 12.2 Å². The molecule has 7 heteroatoms. The summed E-state index contributed by atoms with van der Waals surface area (Å²) < 4.78 is 10.9. The van der Waals surface area contributed by atoms with Crippen molar-refractivity contribution in [2.24, 2.45) is 11.7 Å². The summed E-state index contributed by atoms with van der Waals surface area (Å²) in [6.45, 7) is 7.96. The third-order valence-electron chi connectivity index (χ3n) is 2.64. The molecule has 0 aromatic heterocycles. The van der Waals surface area contributed by atoms with E-state index in [0.29, 0.717) is 57.7 Å². The first-order valence-electron chi connectivity index (χ1n) is 8.15. The number of hydrogen-bond donors (Lipinski definition) is 2. The summed E-state index contributed by atoms with van der Waals surface area (Å²) in [6.07, 6.45) is 5.49. The number of nitrogens with one attached hydrogen (secondary N) is 1. The van der Waals surface area contributed by atoms with E-state index in [4.69, 9.17) is 15.2 Å². The zero-order valence-electron chi connectivity index (χ0n) is 14.4. The Balaban J connectivity index is 3.22. The summed E-state index contributed by atoms with van der Waals surface area (Å²) in [6, 6.07) is 0. The van der Waals surface area contributed by atoms with E-state index in [9.17, 15) is 4.79 Å². The fraction of sp³-hybridized carbons (Fsp3) is 0.812. The lowest BCUT2D eigenvalue weighted by atomic mass is 10.2. The Bertz CT molecular complexity index is 303. The molecular formula is C16H32N2O3S2. The van der Waals surface area contributed by atoms with Gasteiger partial charge in [0, 0.05) is 31.9 Å². The van der Waals surface area contributed by atoms with E-state index in [1.54, 1.807) is 21.6 Å². The Kier molecular flexibility index (Phi) is 18.3.